The molecule has 174 valence electrons. The van der Waals surface area contributed by atoms with Crippen molar-refractivity contribution in [3.8, 4) is 0 Å². The van der Waals surface area contributed by atoms with Crippen LogP contribution in [-0.4, -0.2) is 81.1 Å². The third kappa shape index (κ3) is 12.1. The van der Waals surface area contributed by atoms with Gasteiger partial charge in [0, 0.05) is 18.7 Å². The van der Waals surface area contributed by atoms with E-state index < -0.39 is 0 Å². The Hall–Kier alpha value is -1.57. The van der Waals surface area contributed by atoms with E-state index >= 15 is 0 Å². The van der Waals surface area contributed by atoms with Crippen molar-refractivity contribution in [1.29, 1.82) is 0 Å². The van der Waals surface area contributed by atoms with E-state index in [1.54, 1.807) is 12.1 Å². The Balaban J connectivity index is 2.42. The summed E-state index contributed by atoms with van der Waals surface area (Å²) in [6.07, 6.45) is 0. The molecule has 0 saturated heterocycles. The number of nitrogens with two attached hydrogens (primary N) is 1. The van der Waals surface area contributed by atoms with Crippen LogP contribution in [0.2, 0.25) is 0 Å². The molecule has 10 nitrogen and oxygen atoms in total. The van der Waals surface area contributed by atoms with Crippen LogP contribution in [0.1, 0.15) is 10.4 Å². The van der Waals surface area contributed by atoms with Gasteiger partial charge in [0.25, 0.3) is 5.91 Å². The minimum absolute atomic E-state index is 0.0804. The first-order chi connectivity index (χ1) is 15.0. The molecule has 0 fully saturated rings. The Morgan fingerprint density at radius 3 is 1.94 bits per heavy atom. The van der Waals surface area contributed by atoms with Gasteiger partial charge in [-0.15, -0.1) is 0 Å². The zero-order valence-electron chi connectivity index (χ0n) is 17.1. The fourth-order valence-corrected chi connectivity index (χ4v) is 2.51. The van der Waals surface area contributed by atoms with Crippen molar-refractivity contribution in [2.45, 2.75) is 0 Å². The molecule has 0 atom stereocenters. The standard InChI is InChI=1S/C19H28Br2N4O6/c20-12-17(26)24-15-2-1-14(11-16(15)25-18(27)13-21)19(28)23-4-6-30-8-10-31-9-7-29-5-3-22/h1-2,11H,3-10,12-13,22H2,(H,23,28)(H,24,26)(H,25,27). The largest absolute Gasteiger partial charge is 0.378 e. The lowest BCUT2D eigenvalue weighted by Gasteiger charge is -2.13. The number of benzene rings is 1. The van der Waals surface area contributed by atoms with Crippen LogP contribution in [0.25, 0.3) is 0 Å². The topological polar surface area (TPSA) is 141 Å². The monoisotopic (exact) mass is 566 g/mol. The number of carbonyl (C=O) groups is 3. The van der Waals surface area contributed by atoms with E-state index in [0.29, 0.717) is 69.7 Å². The molecule has 31 heavy (non-hydrogen) atoms. The molecule has 1 aromatic rings. The van der Waals surface area contributed by atoms with Crippen LogP contribution in [0.4, 0.5) is 11.4 Å². The fraction of sp³-hybridized carbons (Fsp3) is 0.526. The number of alkyl halides is 2. The second kappa shape index (κ2) is 17.0. The van der Waals surface area contributed by atoms with Gasteiger partial charge in [-0.3, -0.25) is 14.4 Å². The van der Waals surface area contributed by atoms with Gasteiger partial charge in [0.15, 0.2) is 0 Å². The molecule has 0 unspecified atom stereocenters. The van der Waals surface area contributed by atoms with Crippen LogP contribution < -0.4 is 21.7 Å². The van der Waals surface area contributed by atoms with Gasteiger partial charge < -0.3 is 35.9 Å². The molecule has 1 aromatic carbocycles. The molecule has 12 heteroatoms. The van der Waals surface area contributed by atoms with E-state index in [1.807, 2.05) is 0 Å². The molecule has 0 aliphatic heterocycles. The van der Waals surface area contributed by atoms with Gasteiger partial charge in [-0.25, -0.2) is 0 Å². The summed E-state index contributed by atoms with van der Waals surface area (Å²) in [5.74, 6) is -0.922. The van der Waals surface area contributed by atoms with Crippen LogP contribution in [0.3, 0.4) is 0 Å². The predicted molar refractivity (Wildman–Crippen MR) is 125 cm³/mol. The number of rotatable bonds is 16. The molecule has 0 bridgehead atoms. The number of nitrogens with one attached hydrogen (secondary N) is 3. The molecule has 3 amide bonds. The van der Waals surface area contributed by atoms with E-state index in [1.165, 1.54) is 6.07 Å². The average molecular weight is 568 g/mol. The number of ether oxygens (including phenoxy) is 3. The number of amides is 3. The lowest BCUT2D eigenvalue weighted by Crippen LogP contribution is -2.28. The Labute approximate surface area is 198 Å². The third-order valence-electron chi connectivity index (χ3n) is 3.61. The Morgan fingerprint density at radius 2 is 1.35 bits per heavy atom. The molecule has 0 spiro atoms. The number of halogens is 2. The van der Waals surface area contributed by atoms with Crippen molar-refractivity contribution in [2.24, 2.45) is 5.73 Å². The SMILES string of the molecule is NCCOCCOCCOCCNC(=O)c1ccc(NC(=O)CBr)c(NC(=O)CBr)c1. The summed E-state index contributed by atoms with van der Waals surface area (Å²) < 4.78 is 15.9. The van der Waals surface area contributed by atoms with Crippen molar-refractivity contribution in [3.05, 3.63) is 23.8 Å². The summed E-state index contributed by atoms with van der Waals surface area (Å²) >= 11 is 6.13. The maximum Gasteiger partial charge on any atom is 0.251 e. The maximum atomic E-state index is 12.4. The van der Waals surface area contributed by atoms with Gasteiger partial charge in [-0.2, -0.15) is 0 Å². The van der Waals surface area contributed by atoms with Crippen molar-refractivity contribution in [2.75, 3.05) is 74.0 Å². The smallest absolute Gasteiger partial charge is 0.251 e. The van der Waals surface area contributed by atoms with E-state index in [0.717, 1.165) is 0 Å². The summed E-state index contributed by atoms with van der Waals surface area (Å²) in [6.45, 7) is 3.42. The minimum atomic E-state index is -0.329. The average Bonchev–Trinajstić information content (AvgIpc) is 2.78. The number of anilines is 2. The molecule has 0 heterocycles. The number of hydrogen-bond donors (Lipinski definition) is 4. The quantitative estimate of drug-likeness (QED) is 0.173. The van der Waals surface area contributed by atoms with Gasteiger partial charge in [-0.05, 0) is 18.2 Å². The molecular weight excluding hydrogens is 540 g/mol. The molecule has 0 aliphatic rings. The Bertz CT molecular complexity index is 708. The van der Waals surface area contributed by atoms with Crippen molar-refractivity contribution in [1.82, 2.24) is 5.32 Å². The highest BCUT2D eigenvalue weighted by molar-refractivity contribution is 9.09. The predicted octanol–water partition coefficient (Wildman–Crippen LogP) is 1.09. The summed E-state index contributed by atoms with van der Waals surface area (Å²) in [5, 5.41) is 8.22. The van der Waals surface area contributed by atoms with E-state index in [-0.39, 0.29) is 28.4 Å². The Morgan fingerprint density at radius 1 is 0.806 bits per heavy atom. The van der Waals surface area contributed by atoms with Crippen molar-refractivity contribution < 1.29 is 28.6 Å². The number of carbonyl (C=O) groups excluding carboxylic acids is 3. The molecule has 0 aliphatic carbocycles. The molecule has 0 radical (unpaired) electrons. The van der Waals surface area contributed by atoms with Gasteiger partial charge in [0.05, 0.1) is 61.7 Å². The zero-order chi connectivity index (χ0) is 22.9. The van der Waals surface area contributed by atoms with Gasteiger partial charge in [-0.1, -0.05) is 31.9 Å². The normalized spacial score (nSPS) is 10.5. The van der Waals surface area contributed by atoms with Crippen LogP contribution in [0.5, 0.6) is 0 Å². The van der Waals surface area contributed by atoms with E-state index in [2.05, 4.69) is 47.8 Å². The summed E-state index contributed by atoms with van der Waals surface area (Å²) in [6, 6.07) is 4.62. The fourth-order valence-electron chi connectivity index (χ4n) is 2.23. The number of hydrogen-bond acceptors (Lipinski definition) is 7. The van der Waals surface area contributed by atoms with Gasteiger partial charge in [0.2, 0.25) is 11.8 Å². The second-order valence-corrected chi connectivity index (χ2v) is 7.13. The minimum Gasteiger partial charge on any atom is -0.378 e. The lowest BCUT2D eigenvalue weighted by molar-refractivity contribution is -0.114. The lowest BCUT2D eigenvalue weighted by atomic mass is 10.1. The maximum absolute atomic E-state index is 12.4. The van der Waals surface area contributed by atoms with Crippen LogP contribution >= 0.6 is 31.9 Å². The first-order valence-electron chi connectivity index (χ1n) is 9.59. The summed E-state index contributed by atoms with van der Waals surface area (Å²) in [4.78, 5) is 35.7. The highest BCUT2D eigenvalue weighted by atomic mass is 79.9. The summed E-state index contributed by atoms with van der Waals surface area (Å²) in [5.41, 5.74) is 6.37. The van der Waals surface area contributed by atoms with Gasteiger partial charge >= 0.3 is 0 Å². The van der Waals surface area contributed by atoms with Crippen molar-refractivity contribution in [3.63, 3.8) is 0 Å². The van der Waals surface area contributed by atoms with Crippen LogP contribution in [0, 0.1) is 0 Å². The molecule has 5 N–H and O–H groups in total. The van der Waals surface area contributed by atoms with E-state index in [4.69, 9.17) is 19.9 Å². The molecule has 0 saturated carbocycles. The third-order valence-corrected chi connectivity index (χ3v) is 4.63. The Kier molecular flexibility index (Phi) is 15.1. The molecule has 0 aromatic heterocycles. The first-order valence-corrected chi connectivity index (χ1v) is 11.8. The first kappa shape index (κ1) is 27.5. The van der Waals surface area contributed by atoms with Crippen LogP contribution in [-0.2, 0) is 23.8 Å². The molecular formula is C19H28Br2N4O6. The summed E-state index contributed by atoms with van der Waals surface area (Å²) in [7, 11) is 0. The van der Waals surface area contributed by atoms with Gasteiger partial charge in [0.1, 0.15) is 0 Å². The van der Waals surface area contributed by atoms with Crippen molar-refractivity contribution >= 4 is 61.0 Å². The second-order valence-electron chi connectivity index (χ2n) is 6.01. The van der Waals surface area contributed by atoms with E-state index in [9.17, 15) is 14.4 Å². The molecule has 1 rings (SSSR count). The van der Waals surface area contributed by atoms with Crippen LogP contribution in [0.15, 0.2) is 18.2 Å². The zero-order valence-corrected chi connectivity index (χ0v) is 20.3. The highest BCUT2D eigenvalue weighted by Gasteiger charge is 2.13. The highest BCUT2D eigenvalue weighted by Crippen LogP contribution is 2.24.